The van der Waals surface area contributed by atoms with Gasteiger partial charge in [-0.3, -0.25) is 4.98 Å². The molecule has 2 N–H and O–H groups in total. The zero-order valence-corrected chi connectivity index (χ0v) is 11.1. The van der Waals surface area contributed by atoms with Crippen molar-refractivity contribution in [2.45, 2.75) is 12.3 Å². The number of hydrogen-bond acceptors (Lipinski definition) is 2. The molecule has 1 aromatic heterocycles. The molecule has 0 saturated carbocycles. The van der Waals surface area contributed by atoms with E-state index in [1.165, 1.54) is 11.1 Å². The highest BCUT2D eigenvalue weighted by molar-refractivity contribution is 9.10. The fourth-order valence-electron chi connectivity index (χ4n) is 1.88. The van der Waals surface area contributed by atoms with Crippen molar-refractivity contribution in [2.24, 2.45) is 5.73 Å². The van der Waals surface area contributed by atoms with Gasteiger partial charge in [-0.05, 0) is 48.4 Å². The number of benzene rings is 1. The molecule has 2 rings (SSSR count). The van der Waals surface area contributed by atoms with Crippen LogP contribution in [0, 0.1) is 0 Å². The third-order valence-corrected chi connectivity index (χ3v) is 3.39. The number of nitrogens with zero attached hydrogens (tertiary/aromatic N) is 1. The normalized spacial score (nSPS) is 12.4. The summed E-state index contributed by atoms with van der Waals surface area (Å²) < 4.78 is 1.10. The molecule has 3 heteroatoms. The van der Waals surface area contributed by atoms with Crippen molar-refractivity contribution in [3.8, 4) is 0 Å². The Kier molecular flexibility index (Phi) is 4.29. The average molecular weight is 291 g/mol. The summed E-state index contributed by atoms with van der Waals surface area (Å²) in [5.41, 5.74) is 8.42. The number of aromatic nitrogens is 1. The molecule has 0 saturated heterocycles. The molecular formula is C14H15BrN2. The average Bonchev–Trinajstić information content (AvgIpc) is 2.38. The Labute approximate surface area is 110 Å². The van der Waals surface area contributed by atoms with Gasteiger partial charge >= 0.3 is 0 Å². The lowest BCUT2D eigenvalue weighted by atomic mass is 9.92. The third-order valence-electron chi connectivity index (χ3n) is 2.86. The van der Waals surface area contributed by atoms with Gasteiger partial charge in [0.05, 0.1) is 0 Å². The number of pyridine rings is 1. The first kappa shape index (κ1) is 12.3. The molecule has 0 bridgehead atoms. The van der Waals surface area contributed by atoms with E-state index in [1.54, 1.807) is 0 Å². The summed E-state index contributed by atoms with van der Waals surface area (Å²) in [7, 11) is 0. The number of halogens is 1. The fraction of sp³-hybridized carbons (Fsp3) is 0.214. The van der Waals surface area contributed by atoms with Crippen molar-refractivity contribution in [3.63, 3.8) is 0 Å². The van der Waals surface area contributed by atoms with Crippen molar-refractivity contribution in [2.75, 3.05) is 6.54 Å². The minimum Gasteiger partial charge on any atom is -0.330 e. The summed E-state index contributed by atoms with van der Waals surface area (Å²) in [6.07, 6.45) is 4.61. The molecule has 0 aliphatic heterocycles. The maximum Gasteiger partial charge on any atom is 0.0270 e. The summed E-state index contributed by atoms with van der Waals surface area (Å²) in [5, 5.41) is 0. The van der Waals surface area contributed by atoms with Gasteiger partial charge in [-0.2, -0.15) is 0 Å². The predicted molar refractivity (Wildman–Crippen MR) is 73.9 cm³/mol. The maximum atomic E-state index is 5.86. The topological polar surface area (TPSA) is 38.9 Å². The summed E-state index contributed by atoms with van der Waals surface area (Å²) in [4.78, 5) is 4.03. The van der Waals surface area contributed by atoms with E-state index >= 15 is 0 Å². The molecule has 0 fully saturated rings. The first-order valence-electron chi connectivity index (χ1n) is 5.64. The minimum absolute atomic E-state index is 0.366. The van der Waals surface area contributed by atoms with Gasteiger partial charge in [-0.15, -0.1) is 0 Å². The van der Waals surface area contributed by atoms with Crippen molar-refractivity contribution in [1.82, 2.24) is 4.98 Å². The highest BCUT2D eigenvalue weighted by Gasteiger charge is 2.10. The Morgan fingerprint density at radius 1 is 1.06 bits per heavy atom. The van der Waals surface area contributed by atoms with E-state index in [9.17, 15) is 0 Å². The Bertz CT molecular complexity index is 453. The van der Waals surface area contributed by atoms with Crippen molar-refractivity contribution >= 4 is 15.9 Å². The highest BCUT2D eigenvalue weighted by atomic mass is 79.9. The zero-order chi connectivity index (χ0) is 12.1. The monoisotopic (exact) mass is 290 g/mol. The fourth-order valence-corrected chi connectivity index (χ4v) is 2.14. The van der Waals surface area contributed by atoms with Crippen LogP contribution in [0.2, 0.25) is 0 Å². The van der Waals surface area contributed by atoms with E-state index < -0.39 is 0 Å². The van der Waals surface area contributed by atoms with Crippen LogP contribution in [-0.4, -0.2) is 11.5 Å². The van der Waals surface area contributed by atoms with Gasteiger partial charge < -0.3 is 5.73 Å². The van der Waals surface area contributed by atoms with E-state index in [0.29, 0.717) is 12.5 Å². The van der Waals surface area contributed by atoms with E-state index in [2.05, 4.69) is 45.2 Å². The summed E-state index contributed by atoms with van der Waals surface area (Å²) in [6, 6.07) is 12.5. The van der Waals surface area contributed by atoms with Crippen molar-refractivity contribution in [3.05, 3.63) is 64.4 Å². The van der Waals surface area contributed by atoms with Crippen LogP contribution in [0.3, 0.4) is 0 Å². The van der Waals surface area contributed by atoms with Crippen LogP contribution in [0.15, 0.2) is 53.3 Å². The Hall–Kier alpha value is -1.19. The first-order valence-corrected chi connectivity index (χ1v) is 6.43. The molecule has 2 nitrogen and oxygen atoms in total. The lowest BCUT2D eigenvalue weighted by Gasteiger charge is -2.15. The quantitative estimate of drug-likeness (QED) is 0.940. The Morgan fingerprint density at radius 2 is 1.71 bits per heavy atom. The van der Waals surface area contributed by atoms with Gasteiger partial charge in [0.1, 0.15) is 0 Å². The molecule has 1 atom stereocenters. The van der Waals surface area contributed by atoms with Crippen molar-refractivity contribution in [1.29, 1.82) is 0 Å². The number of nitrogens with two attached hydrogens (primary N) is 1. The number of rotatable bonds is 4. The van der Waals surface area contributed by atoms with Gasteiger partial charge in [-0.1, -0.05) is 28.1 Å². The molecule has 0 spiro atoms. The van der Waals surface area contributed by atoms with Gasteiger partial charge in [0.25, 0.3) is 0 Å². The Balaban J connectivity index is 2.14. The minimum atomic E-state index is 0.366. The Morgan fingerprint density at radius 3 is 2.29 bits per heavy atom. The summed E-state index contributed by atoms with van der Waals surface area (Å²) >= 11 is 3.44. The second-order valence-electron chi connectivity index (χ2n) is 4.04. The zero-order valence-electron chi connectivity index (χ0n) is 9.51. The highest BCUT2D eigenvalue weighted by Crippen LogP contribution is 2.21. The van der Waals surface area contributed by atoms with Gasteiger partial charge in [0, 0.05) is 22.8 Å². The van der Waals surface area contributed by atoms with Crippen LogP contribution in [0.1, 0.15) is 17.0 Å². The van der Waals surface area contributed by atoms with Crippen LogP contribution >= 0.6 is 15.9 Å². The molecule has 1 aromatic carbocycles. The van der Waals surface area contributed by atoms with Gasteiger partial charge in [0.2, 0.25) is 0 Å². The first-order chi connectivity index (χ1) is 8.29. The summed E-state index contributed by atoms with van der Waals surface area (Å²) in [6.45, 7) is 0.657. The predicted octanol–water partition coefficient (Wildman–Crippen LogP) is 3.13. The molecular weight excluding hydrogens is 276 g/mol. The van der Waals surface area contributed by atoms with E-state index in [1.807, 2.05) is 24.5 Å². The third kappa shape index (κ3) is 3.38. The van der Waals surface area contributed by atoms with Crippen LogP contribution < -0.4 is 5.73 Å². The number of hydrogen-bond donors (Lipinski definition) is 1. The van der Waals surface area contributed by atoms with Crippen molar-refractivity contribution < 1.29 is 0 Å². The van der Waals surface area contributed by atoms with Gasteiger partial charge in [0.15, 0.2) is 0 Å². The smallest absolute Gasteiger partial charge is 0.0270 e. The lowest BCUT2D eigenvalue weighted by Crippen LogP contribution is -2.15. The van der Waals surface area contributed by atoms with E-state index in [-0.39, 0.29) is 0 Å². The second-order valence-corrected chi connectivity index (χ2v) is 4.96. The van der Waals surface area contributed by atoms with Crippen LogP contribution in [-0.2, 0) is 6.42 Å². The molecule has 0 radical (unpaired) electrons. The molecule has 0 aliphatic rings. The standard InChI is InChI=1S/C14H15BrN2/c15-14-3-1-12(2-4-14)13(10-16)9-11-5-7-17-8-6-11/h1-8,13H,9-10,16H2. The molecule has 1 unspecified atom stereocenters. The molecule has 1 heterocycles. The van der Waals surface area contributed by atoms with E-state index in [4.69, 9.17) is 5.73 Å². The summed E-state index contributed by atoms with van der Waals surface area (Å²) in [5.74, 6) is 0.366. The second kappa shape index (κ2) is 5.94. The lowest BCUT2D eigenvalue weighted by molar-refractivity contribution is 0.693. The molecule has 88 valence electrons. The van der Waals surface area contributed by atoms with Crippen LogP contribution in [0.25, 0.3) is 0 Å². The molecule has 0 amide bonds. The largest absolute Gasteiger partial charge is 0.330 e. The van der Waals surface area contributed by atoms with Crippen LogP contribution in [0.5, 0.6) is 0 Å². The van der Waals surface area contributed by atoms with Crippen LogP contribution in [0.4, 0.5) is 0 Å². The molecule has 2 aromatic rings. The SMILES string of the molecule is NCC(Cc1ccncc1)c1ccc(Br)cc1. The molecule has 17 heavy (non-hydrogen) atoms. The van der Waals surface area contributed by atoms with E-state index in [0.717, 1.165) is 10.9 Å². The maximum absolute atomic E-state index is 5.86. The van der Waals surface area contributed by atoms with Gasteiger partial charge in [-0.25, -0.2) is 0 Å². The molecule has 0 aliphatic carbocycles.